The number of phenols is 2. The van der Waals surface area contributed by atoms with Crippen LogP contribution in [0.4, 0.5) is 8.78 Å². The molecule has 0 bridgehead atoms. The van der Waals surface area contributed by atoms with Gasteiger partial charge in [-0.25, -0.2) is 9.78 Å². The normalized spacial score (nSPS) is 11.5. The molecule has 0 saturated heterocycles. The van der Waals surface area contributed by atoms with E-state index in [0.29, 0.717) is 15.6 Å². The van der Waals surface area contributed by atoms with Crippen LogP contribution in [0.1, 0.15) is 17.9 Å². The van der Waals surface area contributed by atoms with E-state index >= 15 is 0 Å². The van der Waals surface area contributed by atoms with E-state index in [9.17, 15) is 23.8 Å². The minimum Gasteiger partial charge on any atom is -0.504 e. The number of nitrogens with zero attached hydrogens (tertiary/aromatic N) is 2. The summed E-state index contributed by atoms with van der Waals surface area (Å²) in [4.78, 5) is 15.9. The maximum atomic E-state index is 13.3. The molecular weight excluding hydrogens is 346 g/mol. The van der Waals surface area contributed by atoms with Crippen molar-refractivity contribution in [1.29, 1.82) is 0 Å². The van der Waals surface area contributed by atoms with Gasteiger partial charge in [0.1, 0.15) is 6.61 Å². The van der Waals surface area contributed by atoms with Crippen molar-refractivity contribution in [3.63, 3.8) is 0 Å². The molecule has 0 aliphatic heterocycles. The third kappa shape index (κ3) is 3.64. The zero-order valence-electron chi connectivity index (χ0n) is 13.3. The van der Waals surface area contributed by atoms with E-state index in [2.05, 4.69) is 4.98 Å². The maximum Gasteiger partial charge on any atom is 0.331 e. The molecule has 2 N–H and O–H groups in total. The number of carbonyl (C=O) groups excluding carboxylic acids is 1. The van der Waals surface area contributed by atoms with Crippen LogP contribution >= 0.6 is 0 Å². The van der Waals surface area contributed by atoms with Gasteiger partial charge in [0.25, 0.3) is 0 Å². The fourth-order valence-corrected chi connectivity index (χ4v) is 2.41. The van der Waals surface area contributed by atoms with Crippen molar-refractivity contribution in [3.8, 4) is 11.5 Å². The molecule has 26 heavy (non-hydrogen) atoms. The Balaban J connectivity index is 1.71. The minimum atomic E-state index is -2.81. The number of ether oxygens (including phenoxy) is 1. The number of aromatic hydroxyl groups is 2. The molecule has 3 aromatic rings. The maximum absolute atomic E-state index is 13.3. The number of fused-ring (bicyclic) bond motifs is 1. The lowest BCUT2D eigenvalue weighted by molar-refractivity contribution is -0.139. The first kappa shape index (κ1) is 17.4. The van der Waals surface area contributed by atoms with Gasteiger partial charge < -0.3 is 14.9 Å². The Labute approximate surface area is 146 Å². The van der Waals surface area contributed by atoms with E-state index in [1.165, 1.54) is 30.3 Å². The van der Waals surface area contributed by atoms with Crippen LogP contribution in [0.5, 0.6) is 11.5 Å². The smallest absolute Gasteiger partial charge is 0.331 e. The van der Waals surface area contributed by atoms with Gasteiger partial charge in [-0.3, -0.25) is 4.57 Å². The van der Waals surface area contributed by atoms with Crippen LogP contribution in [0.2, 0.25) is 0 Å². The number of alkyl halides is 2. The van der Waals surface area contributed by atoms with Crippen molar-refractivity contribution in [3.05, 3.63) is 59.9 Å². The second-order valence-electron chi connectivity index (χ2n) is 5.35. The SMILES string of the molecule is O=C(/C=C/c1ccc(O)c(O)c1)OCc1nc2ccccc2n1C(F)F. The van der Waals surface area contributed by atoms with Crippen LogP contribution in [-0.4, -0.2) is 25.7 Å². The highest BCUT2D eigenvalue weighted by atomic mass is 19.3. The number of hydrogen-bond donors (Lipinski definition) is 2. The number of phenolic OH excluding ortho intramolecular Hbond substituents is 2. The van der Waals surface area contributed by atoms with Gasteiger partial charge in [-0.15, -0.1) is 0 Å². The van der Waals surface area contributed by atoms with Gasteiger partial charge in [0.05, 0.1) is 11.0 Å². The molecule has 0 aliphatic rings. The second kappa shape index (κ2) is 7.22. The molecule has 8 heteroatoms. The monoisotopic (exact) mass is 360 g/mol. The van der Waals surface area contributed by atoms with Crippen LogP contribution in [0.25, 0.3) is 17.1 Å². The third-order valence-corrected chi connectivity index (χ3v) is 3.62. The molecule has 0 unspecified atom stereocenters. The molecule has 0 fully saturated rings. The second-order valence-corrected chi connectivity index (χ2v) is 5.35. The predicted octanol–water partition coefficient (Wildman–Crippen LogP) is 3.60. The first-order valence-electron chi connectivity index (χ1n) is 7.56. The molecule has 0 radical (unpaired) electrons. The van der Waals surface area contributed by atoms with Gasteiger partial charge in [0.2, 0.25) is 0 Å². The molecule has 1 aromatic heterocycles. The van der Waals surface area contributed by atoms with Gasteiger partial charge in [0, 0.05) is 6.08 Å². The Bertz CT molecular complexity index is 982. The Morgan fingerprint density at radius 1 is 1.19 bits per heavy atom. The molecule has 0 amide bonds. The lowest BCUT2D eigenvalue weighted by atomic mass is 10.2. The van der Waals surface area contributed by atoms with E-state index in [0.717, 1.165) is 6.08 Å². The summed E-state index contributed by atoms with van der Waals surface area (Å²) in [5, 5.41) is 18.6. The van der Waals surface area contributed by atoms with Gasteiger partial charge >= 0.3 is 12.5 Å². The highest BCUT2D eigenvalue weighted by molar-refractivity contribution is 5.87. The van der Waals surface area contributed by atoms with Gasteiger partial charge in [-0.05, 0) is 35.9 Å². The lowest BCUT2D eigenvalue weighted by Gasteiger charge is -2.07. The van der Waals surface area contributed by atoms with Gasteiger partial charge in [-0.2, -0.15) is 8.78 Å². The van der Waals surface area contributed by atoms with Crippen molar-refractivity contribution in [2.45, 2.75) is 13.2 Å². The summed E-state index contributed by atoms with van der Waals surface area (Å²) in [7, 11) is 0. The fraction of sp³-hybridized carbons (Fsp3) is 0.111. The van der Waals surface area contributed by atoms with Crippen LogP contribution < -0.4 is 0 Å². The first-order chi connectivity index (χ1) is 12.5. The lowest BCUT2D eigenvalue weighted by Crippen LogP contribution is -2.09. The standard InChI is InChI=1S/C18H14F2N2O4/c19-18(20)22-13-4-2-1-3-12(13)21-16(22)10-26-17(25)8-6-11-5-7-14(23)15(24)9-11/h1-9,18,23-24H,10H2/b8-6+. The number of hydrogen-bond acceptors (Lipinski definition) is 5. The highest BCUT2D eigenvalue weighted by Gasteiger charge is 2.18. The zero-order valence-corrected chi connectivity index (χ0v) is 13.3. The molecule has 0 aliphatic carbocycles. The van der Waals surface area contributed by atoms with Crippen molar-refractivity contribution >= 4 is 23.1 Å². The van der Waals surface area contributed by atoms with E-state index in [1.54, 1.807) is 18.2 Å². The van der Waals surface area contributed by atoms with Gasteiger partial charge in [-0.1, -0.05) is 18.2 Å². The molecule has 1 heterocycles. The quantitative estimate of drug-likeness (QED) is 0.413. The zero-order chi connectivity index (χ0) is 18.7. The molecule has 0 atom stereocenters. The Hall–Kier alpha value is -3.42. The summed E-state index contributed by atoms with van der Waals surface area (Å²) >= 11 is 0. The summed E-state index contributed by atoms with van der Waals surface area (Å²) in [6.45, 7) is -3.23. The molecule has 2 aromatic carbocycles. The van der Waals surface area contributed by atoms with Crippen LogP contribution in [0, 0.1) is 0 Å². The van der Waals surface area contributed by atoms with E-state index in [4.69, 9.17) is 4.74 Å². The Morgan fingerprint density at radius 2 is 1.96 bits per heavy atom. The predicted molar refractivity (Wildman–Crippen MR) is 89.6 cm³/mol. The Morgan fingerprint density at radius 3 is 2.69 bits per heavy atom. The number of aromatic nitrogens is 2. The number of carbonyl (C=O) groups is 1. The van der Waals surface area contributed by atoms with Crippen LogP contribution in [0.15, 0.2) is 48.5 Å². The Kier molecular flexibility index (Phi) is 4.83. The van der Waals surface area contributed by atoms with E-state index in [1.807, 2.05) is 0 Å². The molecular formula is C18H14F2N2O4. The average Bonchev–Trinajstić information content (AvgIpc) is 2.99. The van der Waals surface area contributed by atoms with Crippen molar-refractivity contribution in [2.24, 2.45) is 0 Å². The van der Waals surface area contributed by atoms with Crippen molar-refractivity contribution in [1.82, 2.24) is 9.55 Å². The molecule has 3 rings (SSSR count). The minimum absolute atomic E-state index is 0.0646. The number of esters is 1. The van der Waals surface area contributed by atoms with Crippen LogP contribution in [-0.2, 0) is 16.1 Å². The number of imidazole rings is 1. The average molecular weight is 360 g/mol. The van der Waals surface area contributed by atoms with Gasteiger partial charge in [0.15, 0.2) is 17.3 Å². The number of halogens is 2. The fourth-order valence-electron chi connectivity index (χ4n) is 2.41. The highest BCUT2D eigenvalue weighted by Crippen LogP contribution is 2.25. The van der Waals surface area contributed by atoms with Crippen molar-refractivity contribution in [2.75, 3.05) is 0 Å². The summed E-state index contributed by atoms with van der Waals surface area (Å²) in [6.07, 6.45) is 2.44. The number of benzene rings is 2. The summed E-state index contributed by atoms with van der Waals surface area (Å²) in [5.74, 6) is -1.43. The first-order valence-corrected chi connectivity index (χ1v) is 7.56. The third-order valence-electron chi connectivity index (χ3n) is 3.62. The van der Waals surface area contributed by atoms with Crippen molar-refractivity contribution < 1.29 is 28.5 Å². The molecule has 0 saturated carbocycles. The van der Waals surface area contributed by atoms with E-state index in [-0.39, 0.29) is 22.8 Å². The molecule has 134 valence electrons. The topological polar surface area (TPSA) is 84.6 Å². The van der Waals surface area contributed by atoms with E-state index < -0.39 is 19.1 Å². The number of rotatable bonds is 5. The largest absolute Gasteiger partial charge is 0.504 e. The number of para-hydroxylation sites is 2. The molecule has 0 spiro atoms. The summed E-state index contributed by atoms with van der Waals surface area (Å²) in [5.41, 5.74) is 1.09. The summed E-state index contributed by atoms with van der Waals surface area (Å²) in [6, 6.07) is 10.4. The van der Waals surface area contributed by atoms with Crippen LogP contribution in [0.3, 0.4) is 0 Å². The molecule has 6 nitrogen and oxygen atoms in total. The summed E-state index contributed by atoms with van der Waals surface area (Å²) < 4.78 is 32.2.